The number of nitrogens with one attached hydrogen (secondary N) is 4. The molecule has 0 saturated heterocycles. The average Bonchev–Trinajstić information content (AvgIpc) is 2.54. The summed E-state index contributed by atoms with van der Waals surface area (Å²) in [6.45, 7) is 0.330. The molecule has 0 aliphatic rings. The normalized spacial score (nSPS) is 14.9. The van der Waals surface area contributed by atoms with Gasteiger partial charge in [0.1, 0.15) is 12.1 Å². The van der Waals surface area contributed by atoms with Crippen LogP contribution in [0.1, 0.15) is 13.3 Å². The van der Waals surface area contributed by atoms with Crippen molar-refractivity contribution >= 4 is 29.7 Å². The quantitative estimate of drug-likeness (QED) is 0.174. The molecule has 4 atom stereocenters. The predicted octanol–water partition coefficient (Wildman–Crippen LogP) is -5.17. The van der Waals surface area contributed by atoms with Gasteiger partial charge in [-0.3, -0.25) is 25.2 Å². The molecule has 0 bridgehead atoms. The van der Waals surface area contributed by atoms with Crippen LogP contribution in [0, 0.1) is 0 Å². The lowest BCUT2D eigenvalue weighted by Crippen LogP contribution is -2.59. The molecule has 0 radical (unpaired) electrons. The molecular formula is C12H22N6O8. The number of carbonyl (C=O) groups is 5. The zero-order valence-electron chi connectivity index (χ0n) is 13.8. The average molecular weight is 378 g/mol. The molecular weight excluding hydrogens is 356 g/mol. The number of nitrogens with two attached hydrogens (primary N) is 2. The van der Waals surface area contributed by atoms with Crippen LogP contribution < -0.4 is 33.0 Å². The van der Waals surface area contributed by atoms with E-state index in [0.717, 1.165) is 0 Å². The van der Waals surface area contributed by atoms with E-state index in [2.05, 4.69) is 0 Å². The summed E-state index contributed by atoms with van der Waals surface area (Å²) in [7, 11) is 0. The van der Waals surface area contributed by atoms with Crippen LogP contribution in [-0.2, 0) is 19.2 Å². The number of urea groups is 1. The van der Waals surface area contributed by atoms with Crippen LogP contribution in [0.5, 0.6) is 0 Å². The van der Waals surface area contributed by atoms with Gasteiger partial charge < -0.3 is 37.4 Å². The number of aliphatic carboxylic acids is 1. The molecule has 11 N–H and O–H groups in total. The molecule has 5 amide bonds. The number of carbonyl (C=O) groups excluding carboxylic acids is 4. The van der Waals surface area contributed by atoms with Crippen LogP contribution in [0.2, 0.25) is 0 Å². The number of rotatable bonds is 9. The summed E-state index contributed by atoms with van der Waals surface area (Å²) in [5, 5.41) is 30.5. The maximum Gasteiger partial charge on any atom is 0.328 e. The summed E-state index contributed by atoms with van der Waals surface area (Å²) < 4.78 is 0. The van der Waals surface area contributed by atoms with Crippen LogP contribution in [-0.4, -0.2) is 75.9 Å². The summed E-state index contributed by atoms with van der Waals surface area (Å²) >= 11 is 0. The van der Waals surface area contributed by atoms with E-state index in [1.165, 1.54) is 6.92 Å². The largest absolute Gasteiger partial charge is 0.480 e. The number of primary amides is 1. The van der Waals surface area contributed by atoms with Crippen LogP contribution in [0.15, 0.2) is 0 Å². The number of hydrogen-bond donors (Lipinski definition) is 9. The summed E-state index contributed by atoms with van der Waals surface area (Å²) in [6, 6.07) is -5.73. The lowest BCUT2D eigenvalue weighted by Gasteiger charge is -2.20. The van der Waals surface area contributed by atoms with Crippen LogP contribution in [0.3, 0.4) is 0 Å². The van der Waals surface area contributed by atoms with E-state index in [0.29, 0.717) is 0 Å². The van der Waals surface area contributed by atoms with Crippen molar-refractivity contribution in [3.05, 3.63) is 0 Å². The van der Waals surface area contributed by atoms with Gasteiger partial charge in [0.15, 0.2) is 6.04 Å². The molecule has 0 aliphatic heterocycles. The predicted molar refractivity (Wildman–Crippen MR) is 83.7 cm³/mol. The van der Waals surface area contributed by atoms with E-state index < -0.39 is 67.0 Å². The van der Waals surface area contributed by atoms with E-state index in [4.69, 9.17) is 26.8 Å². The zero-order valence-corrected chi connectivity index (χ0v) is 13.8. The molecule has 0 rings (SSSR count). The molecule has 0 fully saturated rings. The van der Waals surface area contributed by atoms with E-state index in [1.54, 1.807) is 0 Å². The van der Waals surface area contributed by atoms with E-state index in [-0.39, 0.29) is 0 Å². The van der Waals surface area contributed by atoms with Gasteiger partial charge in [-0.15, -0.1) is 0 Å². The molecule has 1 unspecified atom stereocenters. The Morgan fingerprint density at radius 3 is 1.92 bits per heavy atom. The maximum absolute atomic E-state index is 12.0. The molecule has 14 nitrogen and oxygen atoms in total. The highest BCUT2D eigenvalue weighted by atomic mass is 16.4. The van der Waals surface area contributed by atoms with Crippen molar-refractivity contribution in [1.29, 1.82) is 0 Å². The lowest BCUT2D eigenvalue weighted by atomic mass is 10.2. The van der Waals surface area contributed by atoms with Crippen LogP contribution >= 0.6 is 0 Å². The Labute approximate surface area is 147 Å². The number of amides is 5. The SMILES string of the molecule is CC(O)[C@@H](N)C(=O)NNC(=O)[C@@H](CC(N)=O)NC(=O)N[C@H](CO)C(=O)O. The first-order valence-corrected chi connectivity index (χ1v) is 7.21. The Hall–Kier alpha value is -2.97. The molecule has 0 aromatic heterocycles. The van der Waals surface area contributed by atoms with Crippen molar-refractivity contribution in [3.63, 3.8) is 0 Å². The topological polar surface area (TPSA) is 246 Å². The molecule has 0 aromatic carbocycles. The van der Waals surface area contributed by atoms with Gasteiger partial charge >= 0.3 is 12.0 Å². The fourth-order valence-electron chi connectivity index (χ4n) is 1.47. The standard InChI is InChI=1S/C12H22N6O8/c1-4(20)8(14)10(23)18-17-9(22)5(2-7(13)21)15-12(26)16-6(3-19)11(24)25/h4-6,8,19-20H,2-3,14H2,1H3,(H2,13,21)(H,17,22)(H,18,23)(H,24,25)(H2,15,16,26)/t4?,5-,6-,8-/m1/s1. The number of aliphatic hydroxyl groups is 2. The number of hydrogen-bond acceptors (Lipinski definition) is 8. The summed E-state index contributed by atoms with van der Waals surface area (Å²) in [5.41, 5.74) is 14.0. The molecule has 0 heterocycles. The molecule has 148 valence electrons. The summed E-state index contributed by atoms with van der Waals surface area (Å²) in [6.07, 6.45) is -1.88. The number of carboxylic acids is 1. The van der Waals surface area contributed by atoms with Crippen LogP contribution in [0.4, 0.5) is 4.79 Å². The van der Waals surface area contributed by atoms with E-state index >= 15 is 0 Å². The molecule has 14 heteroatoms. The first kappa shape index (κ1) is 23.0. The second-order valence-electron chi connectivity index (χ2n) is 5.16. The van der Waals surface area contributed by atoms with E-state index in [9.17, 15) is 24.0 Å². The van der Waals surface area contributed by atoms with Crippen LogP contribution in [0.25, 0.3) is 0 Å². The van der Waals surface area contributed by atoms with Crippen molar-refractivity contribution in [2.45, 2.75) is 37.6 Å². The highest BCUT2D eigenvalue weighted by molar-refractivity contribution is 5.93. The monoisotopic (exact) mass is 378 g/mol. The lowest BCUT2D eigenvalue weighted by molar-refractivity contribution is -0.140. The highest BCUT2D eigenvalue weighted by Crippen LogP contribution is 1.93. The summed E-state index contributed by atoms with van der Waals surface area (Å²) in [4.78, 5) is 56.9. The van der Waals surface area contributed by atoms with Gasteiger partial charge in [0.25, 0.3) is 11.8 Å². The minimum absolute atomic E-state index is 0.672. The van der Waals surface area contributed by atoms with Gasteiger partial charge in [-0.1, -0.05) is 0 Å². The van der Waals surface area contributed by atoms with Gasteiger partial charge in [0.2, 0.25) is 5.91 Å². The fraction of sp³-hybridized carbons (Fsp3) is 0.583. The summed E-state index contributed by atoms with van der Waals surface area (Å²) in [5.74, 6) is -4.52. The Morgan fingerprint density at radius 2 is 1.50 bits per heavy atom. The third-order valence-corrected chi connectivity index (χ3v) is 2.94. The Balaban J connectivity index is 4.84. The molecule has 0 aromatic rings. The minimum Gasteiger partial charge on any atom is -0.480 e. The smallest absolute Gasteiger partial charge is 0.328 e. The van der Waals surface area contributed by atoms with Gasteiger partial charge in [-0.05, 0) is 6.92 Å². The maximum atomic E-state index is 12.0. The highest BCUT2D eigenvalue weighted by Gasteiger charge is 2.27. The Kier molecular flexibility index (Phi) is 9.57. The molecule has 0 spiro atoms. The molecule has 26 heavy (non-hydrogen) atoms. The van der Waals surface area contributed by atoms with E-state index in [1.807, 2.05) is 21.5 Å². The minimum atomic E-state index is -1.64. The first-order valence-electron chi connectivity index (χ1n) is 7.21. The van der Waals surface area contributed by atoms with Gasteiger partial charge in [0, 0.05) is 0 Å². The molecule has 0 saturated carbocycles. The third kappa shape index (κ3) is 8.22. The third-order valence-electron chi connectivity index (χ3n) is 2.94. The molecule has 0 aliphatic carbocycles. The first-order chi connectivity index (χ1) is 12.0. The van der Waals surface area contributed by atoms with Crippen molar-refractivity contribution < 1.29 is 39.3 Å². The van der Waals surface area contributed by atoms with Crippen molar-refractivity contribution in [1.82, 2.24) is 21.5 Å². The van der Waals surface area contributed by atoms with Gasteiger partial charge in [-0.2, -0.15) is 0 Å². The zero-order chi connectivity index (χ0) is 20.4. The van der Waals surface area contributed by atoms with Crippen molar-refractivity contribution in [2.75, 3.05) is 6.61 Å². The number of aliphatic hydroxyl groups excluding tert-OH is 2. The van der Waals surface area contributed by atoms with Crippen molar-refractivity contribution in [3.8, 4) is 0 Å². The second kappa shape index (κ2) is 10.8. The van der Waals surface area contributed by atoms with Gasteiger partial charge in [-0.25, -0.2) is 9.59 Å². The fourth-order valence-corrected chi connectivity index (χ4v) is 1.47. The number of hydrazine groups is 1. The van der Waals surface area contributed by atoms with Crippen molar-refractivity contribution in [2.24, 2.45) is 11.5 Å². The number of carboxylic acid groups (broad SMARTS) is 1. The second-order valence-corrected chi connectivity index (χ2v) is 5.16. The Morgan fingerprint density at radius 1 is 1.00 bits per heavy atom. The van der Waals surface area contributed by atoms with Gasteiger partial charge in [0.05, 0.1) is 19.1 Å². The Bertz CT molecular complexity index is 554.